The van der Waals surface area contributed by atoms with E-state index in [-0.39, 0.29) is 6.61 Å². The van der Waals surface area contributed by atoms with E-state index in [9.17, 15) is 9.59 Å². The molecular formula is C11H16N2O3S. The molecule has 0 fully saturated rings. The Bertz CT molecular complexity index is 378. The predicted octanol–water partition coefficient (Wildman–Crippen LogP) is 0.597. The molecule has 2 N–H and O–H groups in total. The molecule has 1 unspecified atom stereocenters. The number of thiophene rings is 1. The molecule has 0 saturated carbocycles. The smallest absolute Gasteiger partial charge is 0.332 e. The van der Waals surface area contributed by atoms with Gasteiger partial charge in [0.1, 0.15) is 0 Å². The summed E-state index contributed by atoms with van der Waals surface area (Å²) >= 11 is 1.56. The molecule has 1 atom stereocenters. The average molecular weight is 256 g/mol. The number of hydrogen-bond acceptors (Lipinski definition) is 5. The third-order valence-electron chi connectivity index (χ3n) is 2.18. The highest BCUT2D eigenvalue weighted by atomic mass is 32.1. The molecule has 6 heteroatoms. The molecule has 0 saturated heterocycles. The first kappa shape index (κ1) is 13.7. The van der Waals surface area contributed by atoms with Crippen LogP contribution in [0.2, 0.25) is 0 Å². The SMILES string of the molecule is CCOC(=O)C(N)C(=O)N(C)Cc1ccsc1. The van der Waals surface area contributed by atoms with Crippen LogP contribution in [-0.4, -0.2) is 36.5 Å². The minimum atomic E-state index is -1.24. The molecule has 94 valence electrons. The summed E-state index contributed by atoms with van der Waals surface area (Å²) < 4.78 is 4.70. The van der Waals surface area contributed by atoms with Gasteiger partial charge in [0.15, 0.2) is 6.04 Å². The number of carbonyl (C=O) groups is 2. The van der Waals surface area contributed by atoms with Crippen molar-refractivity contribution in [2.75, 3.05) is 13.7 Å². The number of ether oxygens (including phenoxy) is 1. The first-order valence-electron chi connectivity index (χ1n) is 5.24. The van der Waals surface area contributed by atoms with Gasteiger partial charge in [-0.3, -0.25) is 4.79 Å². The van der Waals surface area contributed by atoms with Crippen molar-refractivity contribution >= 4 is 23.2 Å². The Hall–Kier alpha value is -1.40. The van der Waals surface area contributed by atoms with E-state index in [1.54, 1.807) is 25.3 Å². The quantitative estimate of drug-likeness (QED) is 0.618. The van der Waals surface area contributed by atoms with E-state index in [1.807, 2.05) is 16.8 Å². The van der Waals surface area contributed by atoms with Crippen LogP contribution in [0, 0.1) is 0 Å². The Balaban J connectivity index is 2.54. The molecule has 0 aliphatic heterocycles. The normalized spacial score (nSPS) is 11.9. The summed E-state index contributed by atoms with van der Waals surface area (Å²) in [6.45, 7) is 2.33. The van der Waals surface area contributed by atoms with Crippen molar-refractivity contribution < 1.29 is 14.3 Å². The third-order valence-corrected chi connectivity index (χ3v) is 2.91. The van der Waals surface area contributed by atoms with Crippen LogP contribution in [0.1, 0.15) is 12.5 Å². The van der Waals surface area contributed by atoms with E-state index in [1.165, 1.54) is 4.90 Å². The number of rotatable bonds is 5. The van der Waals surface area contributed by atoms with Crippen LogP contribution in [0.3, 0.4) is 0 Å². The lowest BCUT2D eigenvalue weighted by Gasteiger charge is -2.19. The van der Waals surface area contributed by atoms with Gasteiger partial charge in [-0.15, -0.1) is 0 Å². The first-order valence-corrected chi connectivity index (χ1v) is 6.18. The number of hydrogen-bond donors (Lipinski definition) is 1. The van der Waals surface area contributed by atoms with Crippen LogP contribution in [0.15, 0.2) is 16.8 Å². The standard InChI is InChI=1S/C11H16N2O3S/c1-3-16-11(15)9(12)10(14)13(2)6-8-4-5-17-7-8/h4-5,7,9H,3,6,12H2,1-2H3. The fraction of sp³-hybridized carbons (Fsp3) is 0.455. The fourth-order valence-corrected chi connectivity index (χ4v) is 1.96. The first-order chi connectivity index (χ1) is 8.06. The van der Waals surface area contributed by atoms with Crippen molar-refractivity contribution in [3.05, 3.63) is 22.4 Å². The topological polar surface area (TPSA) is 72.6 Å². The highest BCUT2D eigenvalue weighted by Gasteiger charge is 2.26. The van der Waals surface area contributed by atoms with Crippen LogP contribution in [0.25, 0.3) is 0 Å². The summed E-state index contributed by atoms with van der Waals surface area (Å²) in [5.74, 6) is -1.12. The predicted molar refractivity (Wildman–Crippen MR) is 65.4 cm³/mol. The van der Waals surface area contributed by atoms with Crippen molar-refractivity contribution in [3.63, 3.8) is 0 Å². The molecule has 1 amide bonds. The second kappa shape index (κ2) is 6.36. The summed E-state index contributed by atoms with van der Waals surface area (Å²) in [4.78, 5) is 24.5. The molecule has 17 heavy (non-hydrogen) atoms. The lowest BCUT2D eigenvalue weighted by molar-refractivity contribution is -0.150. The molecule has 0 aliphatic carbocycles. The van der Waals surface area contributed by atoms with Gasteiger partial charge < -0.3 is 15.4 Å². The second-order valence-electron chi connectivity index (χ2n) is 3.56. The maximum atomic E-state index is 11.8. The van der Waals surface area contributed by atoms with E-state index >= 15 is 0 Å². The van der Waals surface area contributed by atoms with Crippen LogP contribution in [-0.2, 0) is 20.9 Å². The van der Waals surface area contributed by atoms with Crippen molar-refractivity contribution in [2.45, 2.75) is 19.5 Å². The number of amides is 1. The van der Waals surface area contributed by atoms with E-state index in [0.717, 1.165) is 5.56 Å². The van der Waals surface area contributed by atoms with E-state index in [2.05, 4.69) is 0 Å². The zero-order valence-electron chi connectivity index (χ0n) is 9.88. The molecule has 0 spiro atoms. The van der Waals surface area contributed by atoms with Crippen LogP contribution < -0.4 is 5.73 Å². The Kier molecular flexibility index (Phi) is 5.11. The van der Waals surface area contributed by atoms with E-state index < -0.39 is 17.9 Å². The second-order valence-corrected chi connectivity index (χ2v) is 4.34. The van der Waals surface area contributed by atoms with Crippen molar-refractivity contribution in [3.8, 4) is 0 Å². The van der Waals surface area contributed by atoms with Crippen LogP contribution in [0.4, 0.5) is 0 Å². The summed E-state index contributed by atoms with van der Waals surface area (Å²) in [7, 11) is 1.61. The Morgan fingerprint density at radius 1 is 1.59 bits per heavy atom. The molecule has 0 bridgehead atoms. The van der Waals surface area contributed by atoms with Gasteiger partial charge in [-0.1, -0.05) is 0 Å². The zero-order chi connectivity index (χ0) is 12.8. The number of carbonyl (C=O) groups excluding carboxylic acids is 2. The van der Waals surface area contributed by atoms with Gasteiger partial charge in [0, 0.05) is 13.6 Å². The third kappa shape index (κ3) is 3.83. The van der Waals surface area contributed by atoms with Gasteiger partial charge in [-0.25, -0.2) is 4.79 Å². The molecule has 0 aliphatic rings. The van der Waals surface area contributed by atoms with Gasteiger partial charge in [0.05, 0.1) is 6.61 Å². The average Bonchev–Trinajstić information content (AvgIpc) is 2.80. The molecular weight excluding hydrogens is 240 g/mol. The van der Waals surface area contributed by atoms with Gasteiger partial charge in [-0.2, -0.15) is 11.3 Å². The van der Waals surface area contributed by atoms with Crippen molar-refractivity contribution in [2.24, 2.45) is 5.73 Å². The molecule has 1 heterocycles. The van der Waals surface area contributed by atoms with Crippen molar-refractivity contribution in [1.82, 2.24) is 4.90 Å². The van der Waals surface area contributed by atoms with Crippen molar-refractivity contribution in [1.29, 1.82) is 0 Å². The fourth-order valence-electron chi connectivity index (χ4n) is 1.30. The molecule has 5 nitrogen and oxygen atoms in total. The highest BCUT2D eigenvalue weighted by molar-refractivity contribution is 7.07. The van der Waals surface area contributed by atoms with Gasteiger partial charge in [0.2, 0.25) is 0 Å². The number of nitrogens with zero attached hydrogens (tertiary/aromatic N) is 1. The Labute approximate surface area is 104 Å². The maximum Gasteiger partial charge on any atom is 0.332 e. The summed E-state index contributed by atoms with van der Waals surface area (Å²) in [6.07, 6.45) is 0. The number of nitrogens with two attached hydrogens (primary N) is 1. The summed E-state index contributed by atoms with van der Waals surface area (Å²) in [5, 5.41) is 3.87. The van der Waals surface area contributed by atoms with Gasteiger partial charge in [-0.05, 0) is 29.3 Å². The minimum absolute atomic E-state index is 0.216. The monoisotopic (exact) mass is 256 g/mol. The van der Waals surface area contributed by atoms with E-state index in [0.29, 0.717) is 6.54 Å². The number of likely N-dealkylation sites (N-methyl/N-ethyl adjacent to an activating group) is 1. The molecule has 0 radical (unpaired) electrons. The van der Waals surface area contributed by atoms with E-state index in [4.69, 9.17) is 10.5 Å². The molecule has 1 rings (SSSR count). The lowest BCUT2D eigenvalue weighted by Crippen LogP contribution is -2.47. The Morgan fingerprint density at radius 2 is 2.29 bits per heavy atom. The van der Waals surface area contributed by atoms with Gasteiger partial charge in [0.25, 0.3) is 5.91 Å². The number of esters is 1. The molecule has 0 aromatic carbocycles. The molecule has 1 aromatic rings. The van der Waals surface area contributed by atoms with Crippen LogP contribution in [0.5, 0.6) is 0 Å². The summed E-state index contributed by atoms with van der Waals surface area (Å²) in [5.41, 5.74) is 6.53. The lowest BCUT2D eigenvalue weighted by atomic mass is 10.2. The Morgan fingerprint density at radius 3 is 2.82 bits per heavy atom. The van der Waals surface area contributed by atoms with Gasteiger partial charge >= 0.3 is 5.97 Å². The largest absolute Gasteiger partial charge is 0.464 e. The summed E-state index contributed by atoms with van der Waals surface area (Å²) in [6, 6.07) is 0.684. The van der Waals surface area contributed by atoms with Crippen LogP contribution >= 0.6 is 11.3 Å². The highest BCUT2D eigenvalue weighted by Crippen LogP contribution is 2.09. The minimum Gasteiger partial charge on any atom is -0.464 e. The molecule has 1 aromatic heterocycles. The zero-order valence-corrected chi connectivity index (χ0v) is 10.7. The maximum absolute atomic E-state index is 11.8.